The molecule has 0 spiro atoms. The molecule has 0 radical (unpaired) electrons. The molecule has 0 heterocycles. The predicted octanol–water partition coefficient (Wildman–Crippen LogP) is 1.22. The molecule has 1 N–H and O–H groups in total. The third kappa shape index (κ3) is 4.28. The molecule has 0 saturated carbocycles. The van der Waals surface area contributed by atoms with Crippen LogP contribution in [0.15, 0.2) is 18.2 Å². The number of carbonyl (C=O) groups excluding carboxylic acids is 2. The van der Waals surface area contributed by atoms with E-state index in [-0.39, 0.29) is 12.3 Å². The number of methoxy groups -OCH3 is 2. The van der Waals surface area contributed by atoms with E-state index >= 15 is 0 Å². The van der Waals surface area contributed by atoms with Crippen LogP contribution in [0.3, 0.4) is 0 Å². The Hall–Kier alpha value is -2.04. The summed E-state index contributed by atoms with van der Waals surface area (Å²) < 4.78 is 9.70. The van der Waals surface area contributed by atoms with Crippen molar-refractivity contribution in [3.8, 4) is 5.75 Å². The fourth-order valence-corrected chi connectivity index (χ4v) is 1.76. The largest absolute Gasteiger partial charge is 0.496 e. The minimum Gasteiger partial charge on any atom is -0.496 e. The summed E-state index contributed by atoms with van der Waals surface area (Å²) in [4.78, 5) is 22.9. The molecule has 0 aliphatic carbocycles. The third-order valence-corrected chi connectivity index (χ3v) is 2.76. The average Bonchev–Trinajstić information content (AvgIpc) is 2.37. The van der Waals surface area contributed by atoms with Gasteiger partial charge in [0.25, 0.3) is 0 Å². The van der Waals surface area contributed by atoms with E-state index in [0.717, 1.165) is 16.9 Å². The van der Waals surface area contributed by atoms with Crippen molar-refractivity contribution in [1.82, 2.24) is 5.32 Å². The number of hydrogen-bond donors (Lipinski definition) is 1. The van der Waals surface area contributed by atoms with Gasteiger partial charge >= 0.3 is 5.97 Å². The summed E-state index contributed by atoms with van der Waals surface area (Å²) in [7, 11) is 2.89. The first-order valence-corrected chi connectivity index (χ1v) is 5.98. The fraction of sp³-hybridized carbons (Fsp3) is 0.429. The Labute approximate surface area is 112 Å². The summed E-state index contributed by atoms with van der Waals surface area (Å²) in [6.45, 7) is 3.50. The van der Waals surface area contributed by atoms with Crippen LogP contribution in [-0.4, -0.2) is 32.1 Å². The maximum Gasteiger partial charge on any atom is 0.328 e. The molecular weight excluding hydrogens is 246 g/mol. The summed E-state index contributed by atoms with van der Waals surface area (Å²) in [5.41, 5.74) is 1.83. The molecule has 104 valence electrons. The monoisotopic (exact) mass is 265 g/mol. The Bertz CT molecular complexity index is 471. The molecule has 1 atom stereocenters. The van der Waals surface area contributed by atoms with Crippen LogP contribution in [0.2, 0.25) is 0 Å². The van der Waals surface area contributed by atoms with Gasteiger partial charge in [-0.3, -0.25) is 4.79 Å². The van der Waals surface area contributed by atoms with Gasteiger partial charge in [0, 0.05) is 0 Å². The van der Waals surface area contributed by atoms with Crippen molar-refractivity contribution >= 4 is 11.9 Å². The van der Waals surface area contributed by atoms with Crippen LogP contribution >= 0.6 is 0 Å². The van der Waals surface area contributed by atoms with Crippen molar-refractivity contribution < 1.29 is 19.1 Å². The molecule has 0 saturated heterocycles. The zero-order chi connectivity index (χ0) is 14.4. The standard InChI is InChI=1S/C14H19NO4/c1-9-7-11(5-6-12(9)18-3)8-13(16)15-10(2)14(17)19-4/h5-7,10H,8H2,1-4H3,(H,15,16)/t10-/m0/s1. The van der Waals surface area contributed by atoms with Gasteiger partial charge in [0.1, 0.15) is 11.8 Å². The normalized spacial score (nSPS) is 11.6. The summed E-state index contributed by atoms with van der Waals surface area (Å²) >= 11 is 0. The van der Waals surface area contributed by atoms with Gasteiger partial charge in [0.05, 0.1) is 20.6 Å². The van der Waals surface area contributed by atoms with E-state index in [1.54, 1.807) is 14.0 Å². The second kappa shape index (κ2) is 6.78. The molecule has 1 amide bonds. The Morgan fingerprint density at radius 3 is 2.53 bits per heavy atom. The molecule has 0 aliphatic rings. The molecule has 0 fully saturated rings. The quantitative estimate of drug-likeness (QED) is 0.813. The second-order valence-electron chi connectivity index (χ2n) is 4.29. The lowest BCUT2D eigenvalue weighted by atomic mass is 10.1. The van der Waals surface area contributed by atoms with Crippen molar-refractivity contribution in [3.63, 3.8) is 0 Å². The lowest BCUT2D eigenvalue weighted by Crippen LogP contribution is -2.39. The van der Waals surface area contributed by atoms with Crippen LogP contribution in [0, 0.1) is 6.92 Å². The topological polar surface area (TPSA) is 64.6 Å². The summed E-state index contributed by atoms with van der Waals surface area (Å²) in [6.07, 6.45) is 0.214. The number of amides is 1. The van der Waals surface area contributed by atoms with Crippen molar-refractivity contribution in [1.29, 1.82) is 0 Å². The van der Waals surface area contributed by atoms with E-state index in [1.165, 1.54) is 7.11 Å². The average molecular weight is 265 g/mol. The van der Waals surface area contributed by atoms with Crippen molar-refractivity contribution in [2.45, 2.75) is 26.3 Å². The second-order valence-corrected chi connectivity index (χ2v) is 4.29. The van der Waals surface area contributed by atoms with Gasteiger partial charge < -0.3 is 14.8 Å². The van der Waals surface area contributed by atoms with Gasteiger partial charge in [-0.05, 0) is 31.0 Å². The Kier molecular flexibility index (Phi) is 5.36. The SMILES string of the molecule is COC(=O)[C@H](C)NC(=O)Cc1ccc(OC)c(C)c1. The van der Waals surface area contributed by atoms with E-state index in [1.807, 2.05) is 25.1 Å². The van der Waals surface area contributed by atoms with Crippen LogP contribution in [0.5, 0.6) is 5.75 Å². The van der Waals surface area contributed by atoms with Crippen molar-refractivity contribution in [2.75, 3.05) is 14.2 Å². The van der Waals surface area contributed by atoms with E-state index < -0.39 is 12.0 Å². The van der Waals surface area contributed by atoms with Gasteiger partial charge in [-0.15, -0.1) is 0 Å². The first kappa shape index (κ1) is 15.0. The molecule has 1 aromatic rings. The van der Waals surface area contributed by atoms with Gasteiger partial charge in [-0.1, -0.05) is 12.1 Å². The summed E-state index contributed by atoms with van der Waals surface area (Å²) in [6, 6.07) is 4.90. The molecule has 5 nitrogen and oxygen atoms in total. The van der Waals surface area contributed by atoms with E-state index in [2.05, 4.69) is 10.1 Å². The molecule has 19 heavy (non-hydrogen) atoms. The number of aryl methyl sites for hydroxylation is 1. The molecule has 0 bridgehead atoms. The number of ether oxygens (including phenoxy) is 2. The number of esters is 1. The van der Waals surface area contributed by atoms with E-state index in [4.69, 9.17) is 4.74 Å². The first-order chi connectivity index (χ1) is 8.97. The zero-order valence-corrected chi connectivity index (χ0v) is 11.6. The highest BCUT2D eigenvalue weighted by Crippen LogP contribution is 2.18. The molecular formula is C14H19NO4. The number of rotatable bonds is 5. The van der Waals surface area contributed by atoms with E-state index in [9.17, 15) is 9.59 Å². The molecule has 5 heteroatoms. The minimum atomic E-state index is -0.642. The van der Waals surface area contributed by atoms with Crippen molar-refractivity contribution in [3.05, 3.63) is 29.3 Å². The fourth-order valence-electron chi connectivity index (χ4n) is 1.76. The number of hydrogen-bond acceptors (Lipinski definition) is 4. The summed E-state index contributed by atoms with van der Waals surface area (Å²) in [5, 5.41) is 2.58. The van der Waals surface area contributed by atoms with Crippen LogP contribution in [0.1, 0.15) is 18.1 Å². The molecule has 1 rings (SSSR count). The highest BCUT2D eigenvalue weighted by atomic mass is 16.5. The van der Waals surface area contributed by atoms with Crippen LogP contribution in [0.4, 0.5) is 0 Å². The molecule has 0 aromatic heterocycles. The van der Waals surface area contributed by atoms with E-state index in [0.29, 0.717) is 0 Å². The lowest BCUT2D eigenvalue weighted by molar-refractivity contribution is -0.144. The van der Waals surface area contributed by atoms with Gasteiger partial charge in [0.2, 0.25) is 5.91 Å². The van der Waals surface area contributed by atoms with Crippen LogP contribution in [-0.2, 0) is 20.7 Å². The zero-order valence-electron chi connectivity index (χ0n) is 11.6. The summed E-state index contributed by atoms with van der Waals surface area (Å²) in [5.74, 6) is 0.105. The molecule has 1 aromatic carbocycles. The minimum absolute atomic E-state index is 0.214. The van der Waals surface area contributed by atoms with Crippen LogP contribution in [0.25, 0.3) is 0 Å². The van der Waals surface area contributed by atoms with Gasteiger partial charge in [-0.25, -0.2) is 4.79 Å². The Morgan fingerprint density at radius 1 is 1.32 bits per heavy atom. The highest BCUT2D eigenvalue weighted by molar-refractivity contribution is 5.85. The predicted molar refractivity (Wildman–Crippen MR) is 71.1 cm³/mol. The number of carbonyl (C=O) groups is 2. The third-order valence-electron chi connectivity index (χ3n) is 2.76. The maximum atomic E-state index is 11.8. The van der Waals surface area contributed by atoms with Crippen LogP contribution < -0.4 is 10.1 Å². The Morgan fingerprint density at radius 2 is 2.00 bits per heavy atom. The van der Waals surface area contributed by atoms with Crippen molar-refractivity contribution in [2.24, 2.45) is 0 Å². The maximum absolute atomic E-state index is 11.8. The molecule has 0 unspecified atom stereocenters. The highest BCUT2D eigenvalue weighted by Gasteiger charge is 2.16. The smallest absolute Gasteiger partial charge is 0.328 e. The van der Waals surface area contributed by atoms with Gasteiger partial charge in [-0.2, -0.15) is 0 Å². The number of nitrogens with one attached hydrogen (secondary N) is 1. The first-order valence-electron chi connectivity index (χ1n) is 5.98. The lowest BCUT2D eigenvalue weighted by Gasteiger charge is -2.12. The van der Waals surface area contributed by atoms with Gasteiger partial charge in [0.15, 0.2) is 0 Å². The number of benzene rings is 1. The molecule has 0 aliphatic heterocycles. The Balaban J connectivity index is 2.62.